The van der Waals surface area contributed by atoms with Crippen LogP contribution in [0.3, 0.4) is 0 Å². The van der Waals surface area contributed by atoms with E-state index in [1.165, 1.54) is 0 Å². The summed E-state index contributed by atoms with van der Waals surface area (Å²) < 4.78 is 5.57. The molecule has 0 spiro atoms. The Morgan fingerprint density at radius 2 is 2.00 bits per heavy atom. The highest BCUT2D eigenvalue weighted by atomic mass is 16.5. The minimum atomic E-state index is -0.264. The molecule has 1 N–H and O–H groups in total. The van der Waals surface area contributed by atoms with E-state index in [9.17, 15) is 5.11 Å². The lowest BCUT2D eigenvalue weighted by molar-refractivity contribution is 0.137. The van der Waals surface area contributed by atoms with Gasteiger partial charge in [-0.2, -0.15) is 0 Å². The number of nitrogens with zero attached hydrogens (tertiary/aromatic N) is 1. The van der Waals surface area contributed by atoms with Gasteiger partial charge < -0.3 is 14.7 Å². The minimum Gasteiger partial charge on any atom is -0.494 e. The van der Waals surface area contributed by atoms with Crippen molar-refractivity contribution in [2.75, 3.05) is 26.7 Å². The van der Waals surface area contributed by atoms with Gasteiger partial charge in [0.2, 0.25) is 0 Å². The minimum absolute atomic E-state index is 0.264. The highest BCUT2D eigenvalue weighted by Crippen LogP contribution is 2.08. The molecule has 16 heavy (non-hydrogen) atoms. The van der Waals surface area contributed by atoms with Gasteiger partial charge in [0.05, 0.1) is 12.7 Å². The number of rotatable bonds is 7. The molecule has 3 nitrogen and oxygen atoms in total. The van der Waals surface area contributed by atoms with E-state index in [1.54, 1.807) is 6.92 Å². The highest BCUT2D eigenvalue weighted by molar-refractivity contribution is 5.20. The van der Waals surface area contributed by atoms with Crippen LogP contribution in [0.1, 0.15) is 13.3 Å². The highest BCUT2D eigenvalue weighted by Gasteiger charge is 2.02. The van der Waals surface area contributed by atoms with E-state index in [0.717, 1.165) is 18.7 Å². The summed E-state index contributed by atoms with van der Waals surface area (Å²) >= 11 is 0. The number of ether oxygens (including phenoxy) is 1. The molecule has 0 fully saturated rings. The number of hydrogen-bond acceptors (Lipinski definition) is 3. The van der Waals surface area contributed by atoms with Crippen molar-refractivity contribution in [3.8, 4) is 5.75 Å². The lowest BCUT2D eigenvalue weighted by Crippen LogP contribution is -2.28. The molecule has 0 saturated heterocycles. The molecule has 0 aromatic heterocycles. The molecule has 0 radical (unpaired) electrons. The average Bonchev–Trinajstić information content (AvgIpc) is 2.25. The Kier molecular flexibility index (Phi) is 5.90. The molecule has 1 unspecified atom stereocenters. The second-order valence-electron chi connectivity index (χ2n) is 4.13. The Balaban J connectivity index is 2.08. The zero-order valence-electron chi connectivity index (χ0n) is 10.1. The third-order valence-corrected chi connectivity index (χ3v) is 2.27. The SMILES string of the molecule is CC(O)CN(C)CCCOc1ccccc1. The molecule has 1 atom stereocenters. The normalized spacial score (nSPS) is 12.8. The third-order valence-electron chi connectivity index (χ3n) is 2.27. The first kappa shape index (κ1) is 13.0. The van der Waals surface area contributed by atoms with E-state index in [-0.39, 0.29) is 6.10 Å². The molecule has 0 heterocycles. The predicted molar refractivity (Wildman–Crippen MR) is 65.7 cm³/mol. The molecule has 0 amide bonds. The van der Waals surface area contributed by atoms with Gasteiger partial charge in [-0.25, -0.2) is 0 Å². The fraction of sp³-hybridized carbons (Fsp3) is 0.538. The van der Waals surface area contributed by atoms with Gasteiger partial charge in [-0.15, -0.1) is 0 Å². The van der Waals surface area contributed by atoms with E-state index in [2.05, 4.69) is 4.90 Å². The van der Waals surface area contributed by atoms with E-state index in [4.69, 9.17) is 4.74 Å². The van der Waals surface area contributed by atoms with E-state index < -0.39 is 0 Å². The zero-order valence-corrected chi connectivity index (χ0v) is 10.1. The van der Waals surface area contributed by atoms with Gasteiger partial charge in [0, 0.05) is 13.1 Å². The van der Waals surface area contributed by atoms with Crippen molar-refractivity contribution in [3.05, 3.63) is 30.3 Å². The van der Waals surface area contributed by atoms with Crippen molar-refractivity contribution in [1.29, 1.82) is 0 Å². The van der Waals surface area contributed by atoms with Crippen LogP contribution in [0.15, 0.2) is 30.3 Å². The summed E-state index contributed by atoms with van der Waals surface area (Å²) in [5, 5.41) is 9.18. The maximum atomic E-state index is 9.18. The number of hydrogen-bond donors (Lipinski definition) is 1. The Labute approximate surface area is 97.7 Å². The topological polar surface area (TPSA) is 32.7 Å². The van der Waals surface area contributed by atoms with Crippen LogP contribution in [-0.2, 0) is 0 Å². The molecular weight excluding hydrogens is 202 g/mol. The van der Waals surface area contributed by atoms with Gasteiger partial charge in [-0.1, -0.05) is 18.2 Å². The van der Waals surface area contributed by atoms with Crippen molar-refractivity contribution in [1.82, 2.24) is 4.90 Å². The lowest BCUT2D eigenvalue weighted by atomic mass is 10.3. The third kappa shape index (κ3) is 5.73. The predicted octanol–water partition coefficient (Wildman–Crippen LogP) is 1.77. The van der Waals surface area contributed by atoms with Crippen molar-refractivity contribution >= 4 is 0 Å². The fourth-order valence-electron chi connectivity index (χ4n) is 1.58. The Morgan fingerprint density at radius 3 is 2.62 bits per heavy atom. The molecule has 0 aliphatic heterocycles. The molecule has 1 aromatic carbocycles. The van der Waals surface area contributed by atoms with Crippen molar-refractivity contribution in [2.45, 2.75) is 19.4 Å². The van der Waals surface area contributed by atoms with Gasteiger partial charge in [0.1, 0.15) is 5.75 Å². The molecule has 1 aromatic rings. The van der Waals surface area contributed by atoms with Gasteiger partial charge in [0.25, 0.3) is 0 Å². The number of benzene rings is 1. The largest absolute Gasteiger partial charge is 0.494 e. The quantitative estimate of drug-likeness (QED) is 0.715. The Hall–Kier alpha value is -1.06. The monoisotopic (exact) mass is 223 g/mol. The van der Waals surface area contributed by atoms with Crippen LogP contribution in [0, 0.1) is 0 Å². The first-order chi connectivity index (χ1) is 7.68. The van der Waals surface area contributed by atoms with E-state index in [1.807, 2.05) is 37.4 Å². The molecular formula is C13H21NO2. The van der Waals surface area contributed by atoms with E-state index in [0.29, 0.717) is 13.2 Å². The van der Waals surface area contributed by atoms with Gasteiger partial charge in [-0.3, -0.25) is 0 Å². The van der Waals surface area contributed by atoms with Crippen LogP contribution in [-0.4, -0.2) is 42.9 Å². The fourth-order valence-corrected chi connectivity index (χ4v) is 1.58. The standard InChI is InChI=1S/C13H21NO2/c1-12(15)11-14(2)9-6-10-16-13-7-4-3-5-8-13/h3-5,7-8,12,15H,6,9-11H2,1-2H3. The Bertz CT molecular complexity index is 275. The molecule has 90 valence electrons. The zero-order chi connectivity index (χ0) is 11.8. The molecule has 0 aliphatic rings. The molecule has 0 saturated carbocycles. The Morgan fingerprint density at radius 1 is 1.31 bits per heavy atom. The second-order valence-corrected chi connectivity index (χ2v) is 4.13. The number of aliphatic hydroxyl groups excluding tert-OH is 1. The smallest absolute Gasteiger partial charge is 0.119 e. The number of aliphatic hydroxyl groups is 1. The van der Waals surface area contributed by atoms with E-state index >= 15 is 0 Å². The summed E-state index contributed by atoms with van der Waals surface area (Å²) in [6.07, 6.45) is 0.707. The van der Waals surface area contributed by atoms with Crippen LogP contribution in [0.5, 0.6) is 5.75 Å². The summed E-state index contributed by atoms with van der Waals surface area (Å²) in [6, 6.07) is 9.83. The van der Waals surface area contributed by atoms with Gasteiger partial charge >= 0.3 is 0 Å². The first-order valence-corrected chi connectivity index (χ1v) is 5.73. The van der Waals surface area contributed by atoms with Crippen LogP contribution < -0.4 is 4.74 Å². The van der Waals surface area contributed by atoms with Crippen molar-refractivity contribution in [2.24, 2.45) is 0 Å². The maximum Gasteiger partial charge on any atom is 0.119 e. The number of likely N-dealkylation sites (N-methyl/N-ethyl adjacent to an activating group) is 1. The summed E-state index contributed by atoms with van der Waals surface area (Å²) in [4.78, 5) is 2.11. The first-order valence-electron chi connectivity index (χ1n) is 5.73. The summed E-state index contributed by atoms with van der Waals surface area (Å²) in [5.74, 6) is 0.917. The van der Waals surface area contributed by atoms with Gasteiger partial charge in [-0.05, 0) is 32.5 Å². The molecule has 0 aliphatic carbocycles. The van der Waals surface area contributed by atoms with Crippen molar-refractivity contribution < 1.29 is 9.84 Å². The second kappa shape index (κ2) is 7.25. The van der Waals surface area contributed by atoms with Crippen LogP contribution in [0.4, 0.5) is 0 Å². The lowest BCUT2D eigenvalue weighted by Gasteiger charge is -2.18. The molecule has 0 bridgehead atoms. The average molecular weight is 223 g/mol. The molecule has 1 rings (SSSR count). The summed E-state index contributed by atoms with van der Waals surface area (Å²) in [7, 11) is 2.01. The molecule has 3 heteroatoms. The maximum absolute atomic E-state index is 9.18. The number of para-hydroxylation sites is 1. The van der Waals surface area contributed by atoms with Gasteiger partial charge in [0.15, 0.2) is 0 Å². The summed E-state index contributed by atoms with van der Waals surface area (Å²) in [5.41, 5.74) is 0. The van der Waals surface area contributed by atoms with Crippen molar-refractivity contribution in [3.63, 3.8) is 0 Å². The van der Waals surface area contributed by atoms with Crippen LogP contribution >= 0.6 is 0 Å². The van der Waals surface area contributed by atoms with Crippen LogP contribution in [0.25, 0.3) is 0 Å². The van der Waals surface area contributed by atoms with Crippen LogP contribution in [0.2, 0.25) is 0 Å². The summed E-state index contributed by atoms with van der Waals surface area (Å²) in [6.45, 7) is 4.17.